The maximum absolute atomic E-state index is 5.62. The molecule has 0 saturated heterocycles. The van der Waals surface area contributed by atoms with Crippen molar-refractivity contribution >= 4 is 29.9 Å². The molecule has 2 aromatic rings. The van der Waals surface area contributed by atoms with Crippen LogP contribution in [0.1, 0.15) is 37.3 Å². The van der Waals surface area contributed by atoms with Crippen LogP contribution in [0.4, 0.5) is 0 Å². The third kappa shape index (κ3) is 6.59. The number of aryl methyl sites for hydroxylation is 2. The van der Waals surface area contributed by atoms with E-state index in [0.29, 0.717) is 0 Å². The highest BCUT2D eigenvalue weighted by molar-refractivity contribution is 14.0. The molecule has 0 aliphatic carbocycles. The summed E-state index contributed by atoms with van der Waals surface area (Å²) >= 11 is 0. The zero-order valence-corrected chi connectivity index (χ0v) is 16.2. The van der Waals surface area contributed by atoms with Gasteiger partial charge >= 0.3 is 0 Å². The Kier molecular flexibility index (Phi) is 8.67. The van der Waals surface area contributed by atoms with Crippen LogP contribution in [0.15, 0.2) is 34.2 Å². The molecule has 0 aliphatic heterocycles. The lowest BCUT2D eigenvalue weighted by molar-refractivity contribution is 0.441. The molecule has 0 fully saturated rings. The van der Waals surface area contributed by atoms with Crippen LogP contribution >= 0.6 is 24.0 Å². The standard InChI is InChI=1S/C15H24N6O.HI/c1-12-6-7-14(22-12)13(2)20-15(16-3)17-8-4-5-9-21-10-18-19-11-21;/h6-7,10-11,13H,4-5,8-9H2,1-3H3,(H2,16,17,20);1H. The van der Waals surface area contributed by atoms with Gasteiger partial charge in [-0.3, -0.25) is 4.99 Å². The maximum Gasteiger partial charge on any atom is 0.191 e. The third-order valence-electron chi connectivity index (χ3n) is 3.37. The second kappa shape index (κ2) is 10.2. The predicted octanol–water partition coefficient (Wildman–Crippen LogP) is 2.50. The Labute approximate surface area is 154 Å². The lowest BCUT2D eigenvalue weighted by atomic mass is 10.2. The minimum atomic E-state index is 0. The summed E-state index contributed by atoms with van der Waals surface area (Å²) in [5.41, 5.74) is 0. The molecule has 2 aromatic heterocycles. The molecule has 2 rings (SSSR count). The van der Waals surface area contributed by atoms with Crippen molar-refractivity contribution in [1.82, 2.24) is 25.4 Å². The summed E-state index contributed by atoms with van der Waals surface area (Å²) in [4.78, 5) is 4.24. The van der Waals surface area contributed by atoms with Crippen LogP contribution in [0, 0.1) is 6.92 Å². The summed E-state index contributed by atoms with van der Waals surface area (Å²) in [6, 6.07) is 4.03. The van der Waals surface area contributed by atoms with Gasteiger partial charge in [-0.15, -0.1) is 34.2 Å². The normalized spacial score (nSPS) is 12.6. The second-order valence-corrected chi connectivity index (χ2v) is 5.22. The first-order chi connectivity index (χ1) is 10.7. The highest BCUT2D eigenvalue weighted by Crippen LogP contribution is 2.15. The van der Waals surface area contributed by atoms with E-state index >= 15 is 0 Å². The molecule has 0 aliphatic rings. The smallest absolute Gasteiger partial charge is 0.191 e. The Hall–Kier alpha value is -1.58. The van der Waals surface area contributed by atoms with Gasteiger partial charge in [0.1, 0.15) is 24.2 Å². The number of unbranched alkanes of at least 4 members (excludes halogenated alkanes) is 1. The van der Waals surface area contributed by atoms with E-state index in [1.807, 2.05) is 23.6 Å². The number of aliphatic imine (C=N–C) groups is 1. The Morgan fingerprint density at radius 1 is 1.30 bits per heavy atom. The van der Waals surface area contributed by atoms with Crippen molar-refractivity contribution in [3.05, 3.63) is 36.3 Å². The van der Waals surface area contributed by atoms with Crippen LogP contribution < -0.4 is 10.6 Å². The number of furan rings is 1. The number of nitrogens with one attached hydrogen (secondary N) is 2. The number of rotatable bonds is 7. The minimum Gasteiger partial charge on any atom is -0.464 e. The number of halogens is 1. The Morgan fingerprint density at radius 3 is 2.65 bits per heavy atom. The maximum atomic E-state index is 5.62. The van der Waals surface area contributed by atoms with E-state index in [-0.39, 0.29) is 30.0 Å². The van der Waals surface area contributed by atoms with Crippen molar-refractivity contribution < 1.29 is 4.42 Å². The molecule has 1 unspecified atom stereocenters. The summed E-state index contributed by atoms with van der Waals surface area (Å²) < 4.78 is 7.60. The van der Waals surface area contributed by atoms with E-state index in [4.69, 9.17) is 4.42 Å². The molecule has 2 heterocycles. The Bertz CT molecular complexity index is 581. The fourth-order valence-corrected chi connectivity index (χ4v) is 2.12. The summed E-state index contributed by atoms with van der Waals surface area (Å²) in [5, 5.41) is 14.2. The van der Waals surface area contributed by atoms with E-state index < -0.39 is 0 Å². The van der Waals surface area contributed by atoms with Crippen molar-refractivity contribution in [1.29, 1.82) is 0 Å². The van der Waals surface area contributed by atoms with Gasteiger partial charge in [-0.05, 0) is 38.8 Å². The third-order valence-corrected chi connectivity index (χ3v) is 3.37. The number of nitrogens with zero attached hydrogens (tertiary/aromatic N) is 4. The van der Waals surface area contributed by atoms with Gasteiger partial charge < -0.3 is 19.6 Å². The van der Waals surface area contributed by atoms with Crippen LogP contribution in [0.5, 0.6) is 0 Å². The molecule has 0 amide bonds. The SMILES string of the molecule is CN=C(NCCCCn1cnnc1)NC(C)c1ccc(C)o1.I. The average molecular weight is 432 g/mol. The highest BCUT2D eigenvalue weighted by atomic mass is 127. The van der Waals surface area contributed by atoms with Crippen LogP contribution in [-0.2, 0) is 6.54 Å². The van der Waals surface area contributed by atoms with Gasteiger partial charge in [0.05, 0.1) is 6.04 Å². The van der Waals surface area contributed by atoms with Crippen molar-refractivity contribution in [2.45, 2.75) is 39.3 Å². The van der Waals surface area contributed by atoms with Crippen molar-refractivity contribution in [3.63, 3.8) is 0 Å². The molecule has 0 bridgehead atoms. The molecule has 2 N–H and O–H groups in total. The zero-order valence-electron chi connectivity index (χ0n) is 13.8. The fraction of sp³-hybridized carbons (Fsp3) is 0.533. The number of aromatic nitrogens is 3. The van der Waals surface area contributed by atoms with E-state index in [0.717, 1.165) is 43.4 Å². The topological polar surface area (TPSA) is 80.3 Å². The lowest BCUT2D eigenvalue weighted by Gasteiger charge is -2.16. The molecule has 0 radical (unpaired) electrons. The van der Waals surface area contributed by atoms with Gasteiger partial charge in [-0.25, -0.2) is 0 Å². The van der Waals surface area contributed by atoms with Crippen LogP contribution in [0.3, 0.4) is 0 Å². The summed E-state index contributed by atoms with van der Waals surface area (Å²) in [6.07, 6.45) is 5.59. The van der Waals surface area contributed by atoms with E-state index in [1.54, 1.807) is 19.7 Å². The molecule has 0 spiro atoms. The Morgan fingerprint density at radius 2 is 2.04 bits per heavy atom. The van der Waals surface area contributed by atoms with E-state index in [1.165, 1.54) is 0 Å². The van der Waals surface area contributed by atoms with Gasteiger partial charge in [0.2, 0.25) is 0 Å². The van der Waals surface area contributed by atoms with E-state index in [9.17, 15) is 0 Å². The van der Waals surface area contributed by atoms with Crippen LogP contribution in [-0.4, -0.2) is 34.3 Å². The first-order valence-corrected chi connectivity index (χ1v) is 7.55. The lowest BCUT2D eigenvalue weighted by Crippen LogP contribution is -2.39. The summed E-state index contributed by atoms with van der Waals surface area (Å²) in [5.74, 6) is 2.61. The van der Waals surface area contributed by atoms with Crippen LogP contribution in [0.2, 0.25) is 0 Å². The molecule has 7 nitrogen and oxygen atoms in total. The number of hydrogen-bond acceptors (Lipinski definition) is 4. The summed E-state index contributed by atoms with van der Waals surface area (Å²) in [7, 11) is 1.77. The predicted molar refractivity (Wildman–Crippen MR) is 101 cm³/mol. The summed E-state index contributed by atoms with van der Waals surface area (Å²) in [6.45, 7) is 5.80. The van der Waals surface area contributed by atoms with Crippen molar-refractivity contribution in [2.24, 2.45) is 4.99 Å². The molecule has 8 heteroatoms. The van der Waals surface area contributed by atoms with Gasteiger partial charge in [0.15, 0.2) is 5.96 Å². The van der Waals surface area contributed by atoms with Gasteiger partial charge in [-0.1, -0.05) is 0 Å². The first kappa shape index (κ1) is 19.5. The second-order valence-electron chi connectivity index (χ2n) is 5.22. The quantitative estimate of drug-likeness (QED) is 0.304. The molecular weight excluding hydrogens is 407 g/mol. The van der Waals surface area contributed by atoms with Gasteiger partial charge in [-0.2, -0.15) is 0 Å². The average Bonchev–Trinajstić information content (AvgIpc) is 3.17. The van der Waals surface area contributed by atoms with Crippen LogP contribution in [0.25, 0.3) is 0 Å². The first-order valence-electron chi connectivity index (χ1n) is 7.55. The van der Waals surface area contributed by atoms with Gasteiger partial charge in [0.25, 0.3) is 0 Å². The Balaban J connectivity index is 0.00000264. The zero-order chi connectivity index (χ0) is 15.8. The molecule has 0 aromatic carbocycles. The molecule has 128 valence electrons. The number of guanidine groups is 1. The van der Waals surface area contributed by atoms with Crippen molar-refractivity contribution in [3.8, 4) is 0 Å². The monoisotopic (exact) mass is 432 g/mol. The minimum absolute atomic E-state index is 0. The van der Waals surface area contributed by atoms with Gasteiger partial charge in [0, 0.05) is 20.1 Å². The molecule has 0 saturated carbocycles. The highest BCUT2D eigenvalue weighted by Gasteiger charge is 2.10. The number of hydrogen-bond donors (Lipinski definition) is 2. The molecule has 23 heavy (non-hydrogen) atoms. The molecular formula is C15H25IN6O. The van der Waals surface area contributed by atoms with E-state index in [2.05, 4.69) is 32.7 Å². The fourth-order valence-electron chi connectivity index (χ4n) is 2.12. The molecule has 1 atom stereocenters. The van der Waals surface area contributed by atoms with Crippen molar-refractivity contribution in [2.75, 3.05) is 13.6 Å². The largest absolute Gasteiger partial charge is 0.464 e.